The Balaban J connectivity index is 1.78. The first-order valence-corrected chi connectivity index (χ1v) is 8.88. The van der Waals surface area contributed by atoms with E-state index in [4.69, 9.17) is 9.47 Å². The summed E-state index contributed by atoms with van der Waals surface area (Å²) < 4.78 is 10.4. The molecule has 0 radical (unpaired) electrons. The van der Waals surface area contributed by atoms with E-state index in [1.54, 1.807) is 36.4 Å². The lowest BCUT2D eigenvalue weighted by molar-refractivity contribution is 0.101. The van der Waals surface area contributed by atoms with Gasteiger partial charge in [0.1, 0.15) is 22.9 Å². The second-order valence-corrected chi connectivity index (χ2v) is 6.25. The molecule has 29 heavy (non-hydrogen) atoms. The van der Waals surface area contributed by atoms with Gasteiger partial charge < -0.3 is 20.1 Å². The fourth-order valence-corrected chi connectivity index (χ4v) is 2.70. The number of rotatable bonds is 6. The van der Waals surface area contributed by atoms with Crippen LogP contribution in [0.5, 0.6) is 11.5 Å². The van der Waals surface area contributed by atoms with Crippen molar-refractivity contribution < 1.29 is 19.1 Å². The molecule has 0 atom stereocenters. The predicted molar refractivity (Wildman–Crippen MR) is 111 cm³/mol. The molecule has 0 aliphatic carbocycles. The van der Waals surface area contributed by atoms with Crippen LogP contribution in [0.2, 0.25) is 0 Å². The SMILES string of the molecule is COc1ccc(OC)c(NC(=O)c2cccc(C(=O)Nc3cccc(C)c3)n2)c1. The average molecular weight is 391 g/mol. The molecule has 3 aromatic rings. The van der Waals surface area contributed by atoms with Gasteiger partial charge in [-0.15, -0.1) is 0 Å². The Labute approximate surface area is 168 Å². The summed E-state index contributed by atoms with van der Waals surface area (Å²) in [6.07, 6.45) is 0. The van der Waals surface area contributed by atoms with Gasteiger partial charge in [-0.25, -0.2) is 4.98 Å². The minimum atomic E-state index is -0.471. The quantitative estimate of drug-likeness (QED) is 0.665. The average Bonchev–Trinajstić information content (AvgIpc) is 2.73. The number of carbonyl (C=O) groups excluding carboxylic acids is 2. The van der Waals surface area contributed by atoms with Gasteiger partial charge in [-0.2, -0.15) is 0 Å². The topological polar surface area (TPSA) is 89.5 Å². The number of ether oxygens (including phenoxy) is 2. The molecule has 0 unspecified atom stereocenters. The fourth-order valence-electron chi connectivity index (χ4n) is 2.70. The molecule has 0 fully saturated rings. The molecule has 2 aromatic carbocycles. The minimum Gasteiger partial charge on any atom is -0.497 e. The monoisotopic (exact) mass is 391 g/mol. The zero-order valence-electron chi connectivity index (χ0n) is 16.4. The Morgan fingerprint density at radius 3 is 2.17 bits per heavy atom. The second kappa shape index (κ2) is 8.88. The second-order valence-electron chi connectivity index (χ2n) is 6.25. The molecular formula is C22H21N3O4. The zero-order valence-corrected chi connectivity index (χ0v) is 16.4. The highest BCUT2D eigenvalue weighted by atomic mass is 16.5. The Kier molecular flexibility index (Phi) is 6.09. The van der Waals surface area contributed by atoms with E-state index in [0.717, 1.165) is 5.56 Å². The van der Waals surface area contributed by atoms with Gasteiger partial charge in [-0.1, -0.05) is 18.2 Å². The van der Waals surface area contributed by atoms with E-state index in [2.05, 4.69) is 15.6 Å². The summed E-state index contributed by atoms with van der Waals surface area (Å²) in [5.41, 5.74) is 2.36. The highest BCUT2D eigenvalue weighted by molar-refractivity contribution is 6.06. The van der Waals surface area contributed by atoms with Gasteiger partial charge in [0.25, 0.3) is 11.8 Å². The molecule has 148 valence electrons. The summed E-state index contributed by atoms with van der Waals surface area (Å²) in [4.78, 5) is 29.3. The van der Waals surface area contributed by atoms with Gasteiger partial charge in [0.15, 0.2) is 0 Å². The van der Waals surface area contributed by atoms with Gasteiger partial charge in [0.2, 0.25) is 0 Å². The number of anilines is 2. The van der Waals surface area contributed by atoms with Gasteiger partial charge in [-0.05, 0) is 48.9 Å². The Morgan fingerprint density at radius 1 is 0.828 bits per heavy atom. The van der Waals surface area contributed by atoms with Crippen LogP contribution >= 0.6 is 0 Å². The van der Waals surface area contributed by atoms with Gasteiger partial charge in [0.05, 0.1) is 19.9 Å². The van der Waals surface area contributed by atoms with Crippen LogP contribution in [-0.4, -0.2) is 31.0 Å². The highest BCUT2D eigenvalue weighted by Crippen LogP contribution is 2.29. The van der Waals surface area contributed by atoms with Crippen LogP contribution in [0.3, 0.4) is 0 Å². The number of aromatic nitrogens is 1. The van der Waals surface area contributed by atoms with Crippen molar-refractivity contribution in [1.82, 2.24) is 4.98 Å². The largest absolute Gasteiger partial charge is 0.497 e. The van der Waals surface area contributed by atoms with Crippen LogP contribution < -0.4 is 20.1 Å². The Morgan fingerprint density at radius 2 is 1.52 bits per heavy atom. The number of nitrogens with one attached hydrogen (secondary N) is 2. The molecular weight excluding hydrogens is 370 g/mol. The fraction of sp³-hybridized carbons (Fsp3) is 0.136. The third-order valence-corrected chi connectivity index (χ3v) is 4.15. The van der Waals surface area contributed by atoms with Crippen molar-refractivity contribution in [3.05, 3.63) is 77.6 Å². The van der Waals surface area contributed by atoms with E-state index < -0.39 is 11.8 Å². The summed E-state index contributed by atoms with van der Waals surface area (Å²) >= 11 is 0. The number of benzene rings is 2. The van der Waals surface area contributed by atoms with Crippen molar-refractivity contribution in [2.24, 2.45) is 0 Å². The molecule has 0 aliphatic heterocycles. The summed E-state index contributed by atoms with van der Waals surface area (Å²) in [6, 6.07) is 17.2. The van der Waals surface area contributed by atoms with Crippen LogP contribution in [0.1, 0.15) is 26.5 Å². The van der Waals surface area contributed by atoms with E-state index in [1.165, 1.54) is 20.3 Å². The first kappa shape index (κ1) is 19.9. The minimum absolute atomic E-state index is 0.103. The number of nitrogens with zero attached hydrogens (tertiary/aromatic N) is 1. The van der Waals surface area contributed by atoms with Crippen LogP contribution in [0, 0.1) is 6.92 Å². The van der Waals surface area contributed by atoms with E-state index >= 15 is 0 Å². The molecule has 0 saturated carbocycles. The third-order valence-electron chi connectivity index (χ3n) is 4.15. The molecule has 0 saturated heterocycles. The summed E-state index contributed by atoms with van der Waals surface area (Å²) in [7, 11) is 3.04. The molecule has 3 rings (SSSR count). The van der Waals surface area contributed by atoms with Crippen LogP contribution in [0.15, 0.2) is 60.7 Å². The summed E-state index contributed by atoms with van der Waals surface area (Å²) in [5.74, 6) is 0.179. The lowest BCUT2D eigenvalue weighted by Gasteiger charge is -2.12. The van der Waals surface area contributed by atoms with Gasteiger partial charge >= 0.3 is 0 Å². The van der Waals surface area contributed by atoms with Crippen molar-refractivity contribution in [1.29, 1.82) is 0 Å². The highest BCUT2D eigenvalue weighted by Gasteiger charge is 2.15. The molecule has 2 N–H and O–H groups in total. The van der Waals surface area contributed by atoms with Crippen LogP contribution in [0.25, 0.3) is 0 Å². The molecule has 0 spiro atoms. The van der Waals surface area contributed by atoms with Gasteiger partial charge in [0, 0.05) is 11.8 Å². The first-order chi connectivity index (χ1) is 14.0. The Hall–Kier alpha value is -3.87. The van der Waals surface area contributed by atoms with E-state index in [-0.39, 0.29) is 11.4 Å². The predicted octanol–water partition coefficient (Wildman–Crippen LogP) is 3.91. The van der Waals surface area contributed by atoms with Crippen molar-refractivity contribution in [2.75, 3.05) is 24.9 Å². The van der Waals surface area contributed by atoms with E-state index in [0.29, 0.717) is 22.9 Å². The number of aryl methyl sites for hydroxylation is 1. The van der Waals surface area contributed by atoms with E-state index in [1.807, 2.05) is 25.1 Å². The number of hydrogen-bond donors (Lipinski definition) is 2. The van der Waals surface area contributed by atoms with Crippen LogP contribution in [0.4, 0.5) is 11.4 Å². The summed E-state index contributed by atoms with van der Waals surface area (Å²) in [5, 5.41) is 5.52. The molecule has 7 nitrogen and oxygen atoms in total. The van der Waals surface area contributed by atoms with Crippen molar-refractivity contribution >= 4 is 23.2 Å². The van der Waals surface area contributed by atoms with Crippen molar-refractivity contribution in [3.63, 3.8) is 0 Å². The number of hydrogen-bond acceptors (Lipinski definition) is 5. The lowest BCUT2D eigenvalue weighted by atomic mass is 10.2. The van der Waals surface area contributed by atoms with Crippen molar-refractivity contribution in [3.8, 4) is 11.5 Å². The smallest absolute Gasteiger partial charge is 0.274 e. The molecule has 1 heterocycles. The number of methoxy groups -OCH3 is 2. The number of carbonyl (C=O) groups is 2. The third kappa shape index (κ3) is 4.90. The van der Waals surface area contributed by atoms with Crippen LogP contribution in [-0.2, 0) is 0 Å². The Bertz CT molecular complexity index is 1050. The van der Waals surface area contributed by atoms with E-state index in [9.17, 15) is 9.59 Å². The lowest BCUT2D eigenvalue weighted by Crippen LogP contribution is -2.18. The normalized spacial score (nSPS) is 10.2. The molecule has 1 aromatic heterocycles. The standard InChI is InChI=1S/C22H21N3O4/c1-14-6-4-7-15(12-14)23-21(26)17-8-5-9-18(24-17)22(27)25-19-13-16(28-2)10-11-20(19)29-3/h4-13H,1-3H3,(H,23,26)(H,25,27). The summed E-state index contributed by atoms with van der Waals surface area (Å²) in [6.45, 7) is 1.94. The van der Waals surface area contributed by atoms with Gasteiger partial charge in [-0.3, -0.25) is 9.59 Å². The molecule has 2 amide bonds. The molecule has 0 bridgehead atoms. The van der Waals surface area contributed by atoms with Crippen molar-refractivity contribution in [2.45, 2.75) is 6.92 Å². The molecule has 0 aliphatic rings. The maximum Gasteiger partial charge on any atom is 0.274 e. The first-order valence-electron chi connectivity index (χ1n) is 8.88. The maximum atomic E-state index is 12.7. The number of amides is 2. The molecule has 7 heteroatoms. The maximum absolute atomic E-state index is 12.7. The number of pyridine rings is 1. The zero-order chi connectivity index (χ0) is 20.8.